The number of carbonyl (C=O) groups excluding carboxylic acids is 3. The lowest BCUT2D eigenvalue weighted by molar-refractivity contribution is -0.134. The van der Waals surface area contributed by atoms with Gasteiger partial charge in [0.15, 0.2) is 0 Å². The lowest BCUT2D eigenvalue weighted by Gasteiger charge is -2.10. The number of hydrogen-bond donors (Lipinski definition) is 1. The first-order valence-electron chi connectivity index (χ1n) is 8.27. The predicted octanol–water partition coefficient (Wildman–Crippen LogP) is 4.54. The quantitative estimate of drug-likeness (QED) is 0.462. The number of ether oxygens (including phenoxy) is 1. The summed E-state index contributed by atoms with van der Waals surface area (Å²) in [5, 5.41) is 2.02. The third-order valence-corrected chi connectivity index (χ3v) is 5.59. The van der Waals surface area contributed by atoms with Crippen molar-refractivity contribution in [1.29, 1.82) is 0 Å². The van der Waals surface area contributed by atoms with Crippen molar-refractivity contribution in [2.24, 2.45) is 5.92 Å². The molecule has 1 saturated carbocycles. The zero-order valence-electron chi connectivity index (χ0n) is 13.5. The summed E-state index contributed by atoms with van der Waals surface area (Å²) in [4.78, 5) is 35.2. The highest BCUT2D eigenvalue weighted by Gasteiger charge is 2.25. The van der Waals surface area contributed by atoms with Crippen LogP contribution in [0.2, 0.25) is 5.02 Å². The van der Waals surface area contributed by atoms with Crippen LogP contribution < -0.4 is 10.1 Å². The molecule has 0 aromatic heterocycles. The molecule has 7 heteroatoms. The molecule has 0 radical (unpaired) electrons. The van der Waals surface area contributed by atoms with E-state index in [0.29, 0.717) is 17.9 Å². The Morgan fingerprint density at radius 2 is 2.08 bits per heavy atom. The summed E-state index contributed by atoms with van der Waals surface area (Å²) in [6.07, 6.45) is 7.61. The Balaban J connectivity index is 1.66. The van der Waals surface area contributed by atoms with E-state index < -0.39 is 11.1 Å². The van der Waals surface area contributed by atoms with Gasteiger partial charge in [0, 0.05) is 6.42 Å². The molecule has 1 N–H and O–H groups in total. The zero-order chi connectivity index (χ0) is 17.8. The zero-order valence-corrected chi connectivity index (χ0v) is 15.1. The van der Waals surface area contributed by atoms with E-state index in [-0.39, 0.29) is 21.6 Å². The molecule has 0 unspecified atom stereocenters. The molecule has 0 bridgehead atoms. The van der Waals surface area contributed by atoms with Crippen LogP contribution in [0.4, 0.5) is 4.79 Å². The number of carbonyl (C=O) groups is 3. The fourth-order valence-corrected chi connectivity index (χ4v) is 3.97. The van der Waals surface area contributed by atoms with Gasteiger partial charge in [-0.15, -0.1) is 0 Å². The summed E-state index contributed by atoms with van der Waals surface area (Å²) < 4.78 is 5.38. The van der Waals surface area contributed by atoms with Crippen molar-refractivity contribution in [3.63, 3.8) is 0 Å². The van der Waals surface area contributed by atoms with E-state index in [4.69, 9.17) is 16.3 Å². The van der Waals surface area contributed by atoms with Crippen molar-refractivity contribution >= 4 is 46.6 Å². The molecule has 1 aromatic rings. The largest absolute Gasteiger partial charge is 0.425 e. The second kappa shape index (κ2) is 8.06. The number of thioether (sulfide) groups is 1. The molecule has 1 aliphatic heterocycles. The fraction of sp³-hybridized carbons (Fsp3) is 0.389. The second-order valence-electron chi connectivity index (χ2n) is 6.17. The van der Waals surface area contributed by atoms with E-state index >= 15 is 0 Å². The Kier molecular flexibility index (Phi) is 5.81. The van der Waals surface area contributed by atoms with Crippen LogP contribution >= 0.6 is 23.4 Å². The Morgan fingerprint density at radius 1 is 1.32 bits per heavy atom. The maximum Gasteiger partial charge on any atom is 0.311 e. The Bertz CT molecular complexity index is 741. The van der Waals surface area contributed by atoms with Gasteiger partial charge in [0.05, 0.1) is 9.93 Å². The van der Waals surface area contributed by atoms with E-state index in [2.05, 4.69) is 5.32 Å². The SMILES string of the molecule is O=C(CCC1CCCC1)Oc1cccc(C=C2SC(=O)NC2=O)c1Cl. The minimum Gasteiger partial charge on any atom is -0.425 e. The van der Waals surface area contributed by atoms with E-state index in [1.807, 2.05) is 0 Å². The van der Waals surface area contributed by atoms with Crippen LogP contribution in [0.15, 0.2) is 23.1 Å². The smallest absolute Gasteiger partial charge is 0.311 e. The third-order valence-electron chi connectivity index (χ3n) is 4.38. The van der Waals surface area contributed by atoms with E-state index in [0.717, 1.165) is 18.2 Å². The van der Waals surface area contributed by atoms with Gasteiger partial charge in [-0.1, -0.05) is 49.4 Å². The fourth-order valence-electron chi connectivity index (χ4n) is 3.08. The molecule has 1 aromatic carbocycles. The summed E-state index contributed by atoms with van der Waals surface area (Å²) in [5.41, 5.74) is 0.523. The Labute approximate surface area is 155 Å². The van der Waals surface area contributed by atoms with Crippen LogP contribution in [-0.4, -0.2) is 17.1 Å². The standard InChI is InChI=1S/C18H18ClNO4S/c19-16-12(10-14-17(22)20-18(23)25-14)6-3-7-13(16)24-15(21)9-8-11-4-1-2-5-11/h3,6-7,10-11H,1-2,4-5,8-9H2,(H,20,22,23). The molecule has 1 heterocycles. The van der Waals surface area contributed by atoms with Crippen LogP contribution in [0.5, 0.6) is 5.75 Å². The summed E-state index contributed by atoms with van der Waals surface area (Å²) in [6, 6.07) is 5.00. The maximum atomic E-state index is 12.1. The molecule has 0 spiro atoms. The minimum atomic E-state index is -0.454. The molecule has 2 amide bonds. The monoisotopic (exact) mass is 379 g/mol. The molecule has 3 rings (SSSR count). The normalized spacial score (nSPS) is 19.5. The van der Waals surface area contributed by atoms with Gasteiger partial charge in [-0.2, -0.15) is 0 Å². The Hall–Kier alpha value is -1.79. The molecule has 25 heavy (non-hydrogen) atoms. The van der Waals surface area contributed by atoms with Gasteiger partial charge in [-0.25, -0.2) is 0 Å². The molecular formula is C18H18ClNO4S. The molecule has 1 saturated heterocycles. The van der Waals surface area contributed by atoms with Gasteiger partial charge in [-0.3, -0.25) is 19.7 Å². The van der Waals surface area contributed by atoms with Crippen molar-refractivity contribution in [2.75, 3.05) is 0 Å². The number of benzene rings is 1. The number of hydrogen-bond acceptors (Lipinski definition) is 5. The number of esters is 1. The number of halogens is 1. The summed E-state index contributed by atoms with van der Waals surface area (Å²) >= 11 is 7.11. The highest BCUT2D eigenvalue weighted by molar-refractivity contribution is 8.18. The van der Waals surface area contributed by atoms with Gasteiger partial charge >= 0.3 is 5.97 Å². The molecule has 1 aliphatic carbocycles. The van der Waals surface area contributed by atoms with Gasteiger partial charge in [0.2, 0.25) is 0 Å². The average molecular weight is 380 g/mol. The molecule has 5 nitrogen and oxygen atoms in total. The highest BCUT2D eigenvalue weighted by atomic mass is 35.5. The number of imide groups is 1. The lowest BCUT2D eigenvalue weighted by Crippen LogP contribution is -2.17. The average Bonchev–Trinajstić information content (AvgIpc) is 3.19. The number of nitrogens with one attached hydrogen (secondary N) is 1. The van der Waals surface area contributed by atoms with Gasteiger partial charge in [0.25, 0.3) is 11.1 Å². The van der Waals surface area contributed by atoms with E-state index in [1.54, 1.807) is 18.2 Å². The van der Waals surface area contributed by atoms with Crippen LogP contribution in [0.3, 0.4) is 0 Å². The predicted molar refractivity (Wildman–Crippen MR) is 97.4 cm³/mol. The summed E-state index contributed by atoms with van der Waals surface area (Å²) in [5.74, 6) is 0.128. The lowest BCUT2D eigenvalue weighted by atomic mass is 10.0. The van der Waals surface area contributed by atoms with Crippen LogP contribution in [0, 0.1) is 5.92 Å². The summed E-state index contributed by atoms with van der Waals surface area (Å²) in [7, 11) is 0. The minimum absolute atomic E-state index is 0.247. The summed E-state index contributed by atoms with van der Waals surface area (Å²) in [6.45, 7) is 0. The van der Waals surface area contributed by atoms with Crippen LogP contribution in [-0.2, 0) is 9.59 Å². The Morgan fingerprint density at radius 3 is 2.76 bits per heavy atom. The molecular weight excluding hydrogens is 362 g/mol. The van der Waals surface area contributed by atoms with Gasteiger partial charge in [-0.05, 0) is 41.8 Å². The third kappa shape index (κ3) is 4.64. The highest BCUT2D eigenvalue weighted by Crippen LogP contribution is 2.33. The first kappa shape index (κ1) is 18.0. The van der Waals surface area contributed by atoms with Crippen LogP contribution in [0.1, 0.15) is 44.1 Å². The van der Waals surface area contributed by atoms with Crippen molar-refractivity contribution in [3.05, 3.63) is 33.7 Å². The molecule has 2 aliphatic rings. The first-order valence-corrected chi connectivity index (χ1v) is 9.46. The number of rotatable bonds is 5. The van der Waals surface area contributed by atoms with Crippen molar-refractivity contribution in [2.45, 2.75) is 38.5 Å². The molecule has 2 fully saturated rings. The van der Waals surface area contributed by atoms with Crippen LogP contribution in [0.25, 0.3) is 6.08 Å². The first-order chi connectivity index (χ1) is 12.0. The van der Waals surface area contributed by atoms with E-state index in [1.165, 1.54) is 31.8 Å². The van der Waals surface area contributed by atoms with E-state index in [9.17, 15) is 14.4 Å². The maximum absolute atomic E-state index is 12.1. The number of amides is 2. The topological polar surface area (TPSA) is 72.5 Å². The second-order valence-corrected chi connectivity index (χ2v) is 7.57. The van der Waals surface area contributed by atoms with Gasteiger partial charge in [0.1, 0.15) is 5.75 Å². The van der Waals surface area contributed by atoms with Crippen molar-refractivity contribution in [1.82, 2.24) is 5.32 Å². The molecule has 132 valence electrons. The van der Waals surface area contributed by atoms with Crippen molar-refractivity contribution < 1.29 is 19.1 Å². The van der Waals surface area contributed by atoms with Gasteiger partial charge < -0.3 is 4.74 Å². The van der Waals surface area contributed by atoms with Crippen molar-refractivity contribution in [3.8, 4) is 5.75 Å². The molecule has 0 atom stereocenters.